The van der Waals surface area contributed by atoms with Gasteiger partial charge in [0.05, 0.1) is 12.5 Å². The van der Waals surface area contributed by atoms with Gasteiger partial charge < -0.3 is 11.1 Å². The lowest BCUT2D eigenvalue weighted by Gasteiger charge is -2.43. The summed E-state index contributed by atoms with van der Waals surface area (Å²) in [5.74, 6) is 0.151. The van der Waals surface area contributed by atoms with Crippen molar-refractivity contribution in [3.05, 3.63) is 35.9 Å². The van der Waals surface area contributed by atoms with Crippen molar-refractivity contribution in [1.29, 1.82) is 0 Å². The number of nitrogens with two attached hydrogens (primary N) is 1. The molecule has 0 aromatic heterocycles. The van der Waals surface area contributed by atoms with Gasteiger partial charge in [-0.15, -0.1) is 12.4 Å². The summed E-state index contributed by atoms with van der Waals surface area (Å²) in [5.41, 5.74) is 6.73. The van der Waals surface area contributed by atoms with Crippen LogP contribution in [0.15, 0.2) is 30.3 Å². The molecule has 0 aliphatic heterocycles. The maximum atomic E-state index is 13.0. The molecule has 2 aliphatic rings. The SMILES string of the molecule is Cl.NC1C2CCCC1CC(C(=O)NC(CC(F)(F)F)c1ccccc1)C2. The van der Waals surface area contributed by atoms with E-state index in [9.17, 15) is 18.0 Å². The van der Waals surface area contributed by atoms with E-state index < -0.39 is 18.6 Å². The molecule has 2 aliphatic carbocycles. The topological polar surface area (TPSA) is 55.1 Å². The van der Waals surface area contributed by atoms with E-state index in [1.807, 2.05) is 0 Å². The molecule has 0 spiro atoms. The third-order valence-electron chi connectivity index (χ3n) is 5.74. The Bertz CT molecular complexity index is 582. The van der Waals surface area contributed by atoms with Gasteiger partial charge in [0.25, 0.3) is 0 Å². The van der Waals surface area contributed by atoms with Crippen LogP contribution in [0.1, 0.15) is 50.1 Å². The molecule has 3 rings (SSSR count). The van der Waals surface area contributed by atoms with Crippen molar-refractivity contribution in [3.8, 4) is 0 Å². The molecule has 2 saturated carbocycles. The molecule has 3 nitrogen and oxygen atoms in total. The fourth-order valence-corrected chi connectivity index (χ4v) is 4.46. The Hall–Kier alpha value is -1.27. The minimum atomic E-state index is -4.33. The minimum Gasteiger partial charge on any atom is -0.349 e. The van der Waals surface area contributed by atoms with Gasteiger partial charge in [-0.3, -0.25) is 4.79 Å². The number of fused-ring (bicyclic) bond motifs is 2. The second kappa shape index (κ2) is 8.61. The van der Waals surface area contributed by atoms with Crippen LogP contribution in [0.5, 0.6) is 0 Å². The number of nitrogens with one attached hydrogen (secondary N) is 1. The first kappa shape index (κ1) is 21.0. The van der Waals surface area contributed by atoms with E-state index in [0.717, 1.165) is 19.3 Å². The molecule has 0 saturated heterocycles. The third kappa shape index (κ3) is 5.13. The van der Waals surface area contributed by atoms with E-state index >= 15 is 0 Å². The van der Waals surface area contributed by atoms with Gasteiger partial charge >= 0.3 is 6.18 Å². The van der Waals surface area contributed by atoms with Crippen molar-refractivity contribution >= 4 is 18.3 Å². The Morgan fingerprint density at radius 3 is 2.27 bits per heavy atom. The average Bonchev–Trinajstić information content (AvgIpc) is 2.53. The Labute approximate surface area is 158 Å². The molecule has 3 atom stereocenters. The predicted octanol–water partition coefficient (Wildman–Crippen LogP) is 4.37. The van der Waals surface area contributed by atoms with Crippen molar-refractivity contribution in [1.82, 2.24) is 5.32 Å². The van der Waals surface area contributed by atoms with Gasteiger partial charge in [-0.05, 0) is 43.1 Å². The zero-order valence-corrected chi connectivity index (χ0v) is 15.4. The van der Waals surface area contributed by atoms with E-state index in [1.54, 1.807) is 30.3 Å². The Morgan fingerprint density at radius 1 is 1.15 bits per heavy atom. The molecule has 146 valence electrons. The molecule has 0 radical (unpaired) electrons. The summed E-state index contributed by atoms with van der Waals surface area (Å²) in [6, 6.07) is 7.48. The number of amides is 1. The maximum absolute atomic E-state index is 13.0. The quantitative estimate of drug-likeness (QED) is 0.802. The highest BCUT2D eigenvalue weighted by atomic mass is 35.5. The van der Waals surface area contributed by atoms with Crippen LogP contribution < -0.4 is 11.1 Å². The minimum absolute atomic E-state index is 0. The normalized spacial score (nSPS) is 29.4. The van der Waals surface area contributed by atoms with Crippen LogP contribution in [-0.2, 0) is 4.79 Å². The molecule has 2 bridgehead atoms. The third-order valence-corrected chi connectivity index (χ3v) is 5.74. The first-order valence-corrected chi connectivity index (χ1v) is 9.01. The van der Waals surface area contributed by atoms with Crippen LogP contribution >= 0.6 is 12.4 Å². The summed E-state index contributed by atoms with van der Waals surface area (Å²) < 4.78 is 38.9. The summed E-state index contributed by atoms with van der Waals surface area (Å²) in [5, 5.41) is 2.66. The smallest absolute Gasteiger partial charge is 0.349 e. The van der Waals surface area contributed by atoms with Gasteiger partial charge in [-0.1, -0.05) is 36.8 Å². The fourth-order valence-electron chi connectivity index (χ4n) is 4.46. The first-order valence-electron chi connectivity index (χ1n) is 9.01. The highest BCUT2D eigenvalue weighted by Crippen LogP contribution is 2.42. The molecular weight excluding hydrogens is 365 g/mol. The lowest BCUT2D eigenvalue weighted by atomic mass is 9.65. The Kier molecular flexibility index (Phi) is 6.97. The highest BCUT2D eigenvalue weighted by Gasteiger charge is 2.41. The number of halogens is 4. The molecule has 3 unspecified atom stereocenters. The summed E-state index contributed by atoms with van der Waals surface area (Å²) in [7, 11) is 0. The van der Waals surface area contributed by atoms with Crippen LogP contribution in [0.3, 0.4) is 0 Å². The van der Waals surface area contributed by atoms with Crippen LogP contribution in [0.4, 0.5) is 13.2 Å². The molecule has 26 heavy (non-hydrogen) atoms. The zero-order chi connectivity index (χ0) is 18.0. The molecule has 3 N–H and O–H groups in total. The van der Waals surface area contributed by atoms with E-state index in [1.165, 1.54) is 0 Å². The summed E-state index contributed by atoms with van der Waals surface area (Å²) in [4.78, 5) is 12.7. The first-order chi connectivity index (χ1) is 11.8. The average molecular weight is 391 g/mol. The lowest BCUT2D eigenvalue weighted by Crippen LogP contribution is -2.49. The monoisotopic (exact) mass is 390 g/mol. The molecule has 1 aromatic carbocycles. The number of hydrogen-bond donors (Lipinski definition) is 2. The second-order valence-corrected chi connectivity index (χ2v) is 7.49. The van der Waals surface area contributed by atoms with E-state index in [0.29, 0.717) is 30.2 Å². The van der Waals surface area contributed by atoms with Gasteiger partial charge in [0, 0.05) is 12.0 Å². The van der Waals surface area contributed by atoms with Crippen LogP contribution in [-0.4, -0.2) is 18.1 Å². The van der Waals surface area contributed by atoms with E-state index in [-0.39, 0.29) is 30.3 Å². The Balaban J connectivity index is 0.00000243. The van der Waals surface area contributed by atoms with E-state index in [2.05, 4.69) is 5.32 Å². The molecule has 2 fully saturated rings. The van der Waals surface area contributed by atoms with Crippen LogP contribution in [0.25, 0.3) is 0 Å². The molecule has 1 aromatic rings. The van der Waals surface area contributed by atoms with Crippen LogP contribution in [0, 0.1) is 17.8 Å². The van der Waals surface area contributed by atoms with Gasteiger partial charge in [-0.2, -0.15) is 13.2 Å². The van der Waals surface area contributed by atoms with Gasteiger partial charge in [0.15, 0.2) is 0 Å². The summed E-state index contributed by atoms with van der Waals surface area (Å²) >= 11 is 0. The summed E-state index contributed by atoms with van der Waals surface area (Å²) in [6.45, 7) is 0. The Morgan fingerprint density at radius 2 is 1.73 bits per heavy atom. The highest BCUT2D eigenvalue weighted by molar-refractivity contribution is 5.85. The maximum Gasteiger partial charge on any atom is 0.391 e. The molecule has 0 heterocycles. The molecule has 7 heteroatoms. The van der Waals surface area contributed by atoms with Crippen LogP contribution in [0.2, 0.25) is 0 Å². The van der Waals surface area contributed by atoms with Gasteiger partial charge in [-0.25, -0.2) is 0 Å². The van der Waals surface area contributed by atoms with Crippen molar-refractivity contribution in [2.24, 2.45) is 23.5 Å². The van der Waals surface area contributed by atoms with Crippen molar-refractivity contribution in [2.45, 2.75) is 56.8 Å². The van der Waals surface area contributed by atoms with Crippen molar-refractivity contribution in [2.75, 3.05) is 0 Å². The fraction of sp³-hybridized carbons (Fsp3) is 0.632. The number of rotatable bonds is 4. The van der Waals surface area contributed by atoms with Gasteiger partial charge in [0.1, 0.15) is 0 Å². The number of carbonyl (C=O) groups excluding carboxylic acids is 1. The van der Waals surface area contributed by atoms with Crippen molar-refractivity contribution in [3.63, 3.8) is 0 Å². The van der Waals surface area contributed by atoms with E-state index in [4.69, 9.17) is 5.73 Å². The van der Waals surface area contributed by atoms with Gasteiger partial charge in [0.2, 0.25) is 5.91 Å². The number of benzene rings is 1. The number of alkyl halides is 3. The number of carbonyl (C=O) groups is 1. The largest absolute Gasteiger partial charge is 0.391 e. The molecular formula is C19H26ClF3N2O. The lowest BCUT2D eigenvalue weighted by molar-refractivity contribution is -0.144. The second-order valence-electron chi connectivity index (χ2n) is 7.49. The summed E-state index contributed by atoms with van der Waals surface area (Å²) in [6.07, 6.45) is -0.828. The number of hydrogen-bond acceptors (Lipinski definition) is 2. The predicted molar refractivity (Wildman–Crippen MR) is 96.8 cm³/mol. The van der Waals surface area contributed by atoms with Crippen molar-refractivity contribution < 1.29 is 18.0 Å². The standard InChI is InChI=1S/C19H25F3N2O.ClH/c20-19(21,22)11-16(12-5-2-1-3-6-12)24-18(25)15-9-13-7-4-8-14(10-15)17(13)23;/h1-3,5-6,13-17H,4,7-11,23H2,(H,24,25);1H. The zero-order valence-electron chi connectivity index (χ0n) is 14.5. The molecule has 1 amide bonds.